The Morgan fingerprint density at radius 1 is 1.12 bits per heavy atom. The highest BCUT2D eigenvalue weighted by Crippen LogP contribution is 2.26. The van der Waals surface area contributed by atoms with E-state index in [0.717, 1.165) is 10.5 Å². The summed E-state index contributed by atoms with van der Waals surface area (Å²) in [6.07, 6.45) is 1.17. The molecule has 0 saturated carbocycles. The first kappa shape index (κ1) is 17.9. The first-order valence-electron chi connectivity index (χ1n) is 8.43. The molecule has 0 bridgehead atoms. The van der Waals surface area contributed by atoms with Gasteiger partial charge in [0.25, 0.3) is 5.91 Å². The lowest BCUT2D eigenvalue weighted by Crippen LogP contribution is -2.44. The maximum Gasteiger partial charge on any atom is 0.325 e. The Balaban J connectivity index is 1.71. The molecule has 0 unspecified atom stereocenters. The molecule has 3 amide bonds. The molecule has 136 valence electrons. The third kappa shape index (κ3) is 3.54. The molecule has 1 atom stereocenters. The average Bonchev–Trinajstić information content (AvgIpc) is 2.85. The Morgan fingerprint density at radius 2 is 1.85 bits per heavy atom. The molecule has 5 nitrogen and oxygen atoms in total. The summed E-state index contributed by atoms with van der Waals surface area (Å²) in [5.74, 6) is -0.697. The van der Waals surface area contributed by atoms with Crippen LogP contribution in [0.1, 0.15) is 24.5 Å². The van der Waals surface area contributed by atoms with Gasteiger partial charge in [0, 0.05) is 0 Å². The van der Waals surface area contributed by atoms with Crippen molar-refractivity contribution in [3.05, 3.63) is 65.5 Å². The fraction of sp³-hybridized carbons (Fsp3) is 0.300. The number of hydrogen-bond acceptors (Lipinski definition) is 3. The summed E-state index contributed by atoms with van der Waals surface area (Å²) in [5, 5.41) is 2.78. The smallest absolute Gasteiger partial charge is 0.325 e. The van der Waals surface area contributed by atoms with Crippen molar-refractivity contribution in [1.29, 1.82) is 0 Å². The van der Waals surface area contributed by atoms with Crippen LogP contribution < -0.4 is 10.1 Å². The lowest BCUT2D eigenvalue weighted by molar-refractivity contribution is -0.131. The summed E-state index contributed by atoms with van der Waals surface area (Å²) in [6.45, 7) is 1.75. The quantitative estimate of drug-likeness (QED) is 0.808. The van der Waals surface area contributed by atoms with E-state index in [-0.39, 0.29) is 18.2 Å². The molecule has 1 fully saturated rings. The zero-order chi connectivity index (χ0) is 18.7. The summed E-state index contributed by atoms with van der Waals surface area (Å²) < 4.78 is 18.7. The Morgan fingerprint density at radius 3 is 2.50 bits per heavy atom. The first-order valence-corrected chi connectivity index (χ1v) is 8.43. The number of methoxy groups -OCH3 is 1. The number of imide groups is 1. The number of aryl methyl sites for hydroxylation is 1. The molecule has 0 aliphatic carbocycles. The van der Waals surface area contributed by atoms with Crippen LogP contribution in [-0.2, 0) is 17.8 Å². The molecule has 2 aromatic carbocycles. The molecule has 1 saturated heterocycles. The third-order valence-electron chi connectivity index (χ3n) is 4.66. The summed E-state index contributed by atoms with van der Waals surface area (Å²) in [6, 6.07) is 13.7. The van der Waals surface area contributed by atoms with Crippen LogP contribution in [0.15, 0.2) is 48.5 Å². The van der Waals surface area contributed by atoms with E-state index in [1.807, 2.05) is 30.3 Å². The Bertz CT molecular complexity index is 825. The van der Waals surface area contributed by atoms with Gasteiger partial charge in [0.2, 0.25) is 0 Å². The van der Waals surface area contributed by atoms with Crippen LogP contribution in [0.2, 0.25) is 0 Å². The second kappa shape index (κ2) is 7.15. The largest absolute Gasteiger partial charge is 0.494 e. The molecular weight excluding hydrogens is 335 g/mol. The van der Waals surface area contributed by atoms with Crippen LogP contribution >= 0.6 is 0 Å². The van der Waals surface area contributed by atoms with Crippen LogP contribution in [-0.4, -0.2) is 29.5 Å². The van der Waals surface area contributed by atoms with Crippen molar-refractivity contribution in [1.82, 2.24) is 10.2 Å². The Kier molecular flexibility index (Phi) is 4.93. The number of benzene rings is 2. The van der Waals surface area contributed by atoms with Crippen molar-refractivity contribution in [3.63, 3.8) is 0 Å². The molecule has 1 aliphatic heterocycles. The second-order valence-electron chi connectivity index (χ2n) is 6.61. The van der Waals surface area contributed by atoms with E-state index in [9.17, 15) is 14.0 Å². The van der Waals surface area contributed by atoms with Crippen molar-refractivity contribution in [2.45, 2.75) is 31.8 Å². The van der Waals surface area contributed by atoms with Crippen LogP contribution in [0, 0.1) is 5.82 Å². The number of urea groups is 1. The van der Waals surface area contributed by atoms with Gasteiger partial charge >= 0.3 is 6.03 Å². The van der Waals surface area contributed by atoms with Gasteiger partial charge in [0.05, 0.1) is 13.7 Å². The van der Waals surface area contributed by atoms with Crippen LogP contribution in [0.5, 0.6) is 5.75 Å². The average molecular weight is 356 g/mol. The monoisotopic (exact) mass is 356 g/mol. The summed E-state index contributed by atoms with van der Waals surface area (Å²) in [5.41, 5.74) is 0.670. The van der Waals surface area contributed by atoms with Crippen molar-refractivity contribution < 1.29 is 18.7 Å². The minimum absolute atomic E-state index is 0.0203. The molecule has 6 heteroatoms. The minimum Gasteiger partial charge on any atom is -0.494 e. The maximum atomic E-state index is 13.9. The lowest BCUT2D eigenvalue weighted by Gasteiger charge is -2.21. The van der Waals surface area contributed by atoms with Gasteiger partial charge in [0.15, 0.2) is 11.6 Å². The van der Waals surface area contributed by atoms with E-state index >= 15 is 0 Å². The summed E-state index contributed by atoms with van der Waals surface area (Å²) in [4.78, 5) is 26.2. The molecule has 0 radical (unpaired) electrons. The number of amides is 3. The summed E-state index contributed by atoms with van der Waals surface area (Å²) >= 11 is 0. The van der Waals surface area contributed by atoms with Crippen molar-refractivity contribution in [3.8, 4) is 5.75 Å². The van der Waals surface area contributed by atoms with E-state index in [2.05, 4.69) is 5.32 Å². The SMILES string of the molecule is COc1ccc(CN2C(=O)N[C@](C)(CCc3ccccc3)C2=O)cc1F. The number of rotatable bonds is 6. The Labute approximate surface area is 151 Å². The van der Waals surface area contributed by atoms with Crippen molar-refractivity contribution in [2.75, 3.05) is 7.11 Å². The normalized spacial score (nSPS) is 19.6. The van der Waals surface area contributed by atoms with Gasteiger partial charge in [0.1, 0.15) is 5.54 Å². The number of halogens is 1. The van der Waals surface area contributed by atoms with Crippen molar-refractivity contribution in [2.24, 2.45) is 0 Å². The number of nitrogens with one attached hydrogen (secondary N) is 1. The van der Waals surface area contributed by atoms with Gasteiger partial charge in [-0.2, -0.15) is 0 Å². The van der Waals surface area contributed by atoms with Gasteiger partial charge in [-0.25, -0.2) is 9.18 Å². The highest BCUT2D eigenvalue weighted by Gasteiger charge is 2.47. The Hall–Kier alpha value is -2.89. The highest BCUT2D eigenvalue weighted by atomic mass is 19.1. The molecule has 1 heterocycles. The van der Waals surface area contributed by atoms with E-state index in [1.165, 1.54) is 19.2 Å². The van der Waals surface area contributed by atoms with E-state index in [4.69, 9.17) is 4.74 Å². The number of nitrogens with zero attached hydrogens (tertiary/aromatic N) is 1. The predicted octanol–water partition coefficient (Wildman–Crippen LogP) is 3.28. The molecule has 0 aromatic heterocycles. The van der Waals surface area contributed by atoms with E-state index in [0.29, 0.717) is 18.4 Å². The number of ether oxygens (including phenoxy) is 1. The minimum atomic E-state index is -0.960. The van der Waals surface area contributed by atoms with Gasteiger partial charge in [-0.15, -0.1) is 0 Å². The van der Waals surface area contributed by atoms with Gasteiger partial charge in [-0.05, 0) is 43.0 Å². The van der Waals surface area contributed by atoms with Crippen LogP contribution in [0.25, 0.3) is 0 Å². The fourth-order valence-electron chi connectivity index (χ4n) is 3.09. The number of carbonyl (C=O) groups excluding carboxylic acids is 2. The third-order valence-corrected chi connectivity index (χ3v) is 4.66. The van der Waals surface area contributed by atoms with Crippen LogP contribution in [0.3, 0.4) is 0 Å². The van der Waals surface area contributed by atoms with Gasteiger partial charge < -0.3 is 10.1 Å². The van der Waals surface area contributed by atoms with Crippen LogP contribution in [0.4, 0.5) is 9.18 Å². The van der Waals surface area contributed by atoms with E-state index in [1.54, 1.807) is 13.0 Å². The molecule has 2 aromatic rings. The fourth-order valence-corrected chi connectivity index (χ4v) is 3.09. The second-order valence-corrected chi connectivity index (χ2v) is 6.61. The molecule has 1 aliphatic rings. The lowest BCUT2D eigenvalue weighted by atomic mass is 9.93. The number of carbonyl (C=O) groups is 2. The zero-order valence-corrected chi connectivity index (χ0v) is 14.8. The molecular formula is C20H21FN2O3. The first-order chi connectivity index (χ1) is 12.4. The maximum absolute atomic E-state index is 13.9. The van der Waals surface area contributed by atoms with Crippen molar-refractivity contribution >= 4 is 11.9 Å². The predicted molar refractivity (Wildman–Crippen MR) is 95.2 cm³/mol. The zero-order valence-electron chi connectivity index (χ0n) is 14.8. The standard InChI is InChI=1S/C20H21FN2O3/c1-20(11-10-14-6-4-3-5-7-14)18(24)23(19(25)22-20)13-15-8-9-17(26-2)16(21)12-15/h3-9,12H,10-11,13H2,1-2H3,(H,22,25)/t20-/m1/s1. The number of hydrogen-bond donors (Lipinski definition) is 1. The molecule has 3 rings (SSSR count). The molecule has 0 spiro atoms. The topological polar surface area (TPSA) is 58.6 Å². The molecule has 1 N–H and O–H groups in total. The van der Waals surface area contributed by atoms with E-state index < -0.39 is 17.4 Å². The summed E-state index contributed by atoms with van der Waals surface area (Å²) in [7, 11) is 1.38. The van der Waals surface area contributed by atoms with Gasteiger partial charge in [-0.3, -0.25) is 9.69 Å². The molecule has 26 heavy (non-hydrogen) atoms. The van der Waals surface area contributed by atoms with Gasteiger partial charge in [-0.1, -0.05) is 36.4 Å². The highest BCUT2D eigenvalue weighted by molar-refractivity contribution is 6.06.